The van der Waals surface area contributed by atoms with Crippen LogP contribution in [-0.2, 0) is 0 Å². The number of nitrogen functional groups attached to an aromatic ring is 1. The first-order valence-corrected chi connectivity index (χ1v) is 6.57. The Hall–Kier alpha value is -2.74. The minimum atomic E-state index is 0.170. The van der Waals surface area contributed by atoms with Crippen molar-refractivity contribution in [1.29, 1.82) is 0 Å². The smallest absolute Gasteiger partial charge is 0.146 e. The van der Waals surface area contributed by atoms with Crippen molar-refractivity contribution in [3.8, 4) is 5.75 Å². The monoisotopic (exact) mass is 259 g/mol. The molecule has 2 heteroatoms. The van der Waals surface area contributed by atoms with Crippen LogP contribution >= 0.6 is 0 Å². The first-order chi connectivity index (χ1) is 9.75. The van der Waals surface area contributed by atoms with Crippen molar-refractivity contribution >= 4 is 38.0 Å². The number of phenols is 1. The minimum absolute atomic E-state index is 0.170. The molecule has 0 radical (unpaired) electrons. The SMILES string of the molecule is Nc1c(O)c2ccccc2c2cc3ccccc3cc12. The second-order valence-corrected chi connectivity index (χ2v) is 5.05. The summed E-state index contributed by atoms with van der Waals surface area (Å²) in [7, 11) is 0. The van der Waals surface area contributed by atoms with Crippen molar-refractivity contribution in [1.82, 2.24) is 0 Å². The highest BCUT2D eigenvalue weighted by Gasteiger charge is 2.11. The molecule has 0 heterocycles. The Bertz CT molecular complexity index is 973. The van der Waals surface area contributed by atoms with Crippen LogP contribution in [0.3, 0.4) is 0 Å². The van der Waals surface area contributed by atoms with Crippen LogP contribution in [0.15, 0.2) is 60.7 Å². The van der Waals surface area contributed by atoms with Crippen molar-refractivity contribution in [3.05, 3.63) is 60.7 Å². The average molecular weight is 259 g/mol. The second-order valence-electron chi connectivity index (χ2n) is 5.05. The molecule has 0 bridgehead atoms. The van der Waals surface area contributed by atoms with E-state index < -0.39 is 0 Å². The summed E-state index contributed by atoms with van der Waals surface area (Å²) in [6.45, 7) is 0. The molecule has 2 nitrogen and oxygen atoms in total. The Morgan fingerprint density at radius 2 is 1.20 bits per heavy atom. The summed E-state index contributed by atoms with van der Waals surface area (Å²) in [6.07, 6.45) is 0. The van der Waals surface area contributed by atoms with E-state index in [4.69, 9.17) is 5.73 Å². The van der Waals surface area contributed by atoms with Crippen LogP contribution in [0.2, 0.25) is 0 Å². The van der Waals surface area contributed by atoms with Crippen LogP contribution in [0.25, 0.3) is 32.3 Å². The highest BCUT2D eigenvalue weighted by Crippen LogP contribution is 2.40. The van der Waals surface area contributed by atoms with Crippen molar-refractivity contribution in [3.63, 3.8) is 0 Å². The normalized spacial score (nSPS) is 11.4. The third-order valence-corrected chi connectivity index (χ3v) is 3.90. The Labute approximate surface area is 116 Å². The second kappa shape index (κ2) is 3.87. The molecule has 3 N–H and O–H groups in total. The molecule has 4 aromatic rings. The maximum absolute atomic E-state index is 10.3. The van der Waals surface area contributed by atoms with E-state index in [1.165, 1.54) is 5.39 Å². The third-order valence-electron chi connectivity index (χ3n) is 3.90. The highest BCUT2D eigenvalue weighted by molar-refractivity contribution is 6.19. The highest BCUT2D eigenvalue weighted by atomic mass is 16.3. The van der Waals surface area contributed by atoms with E-state index in [0.29, 0.717) is 5.69 Å². The molecular weight excluding hydrogens is 246 g/mol. The standard InChI is InChI=1S/C18H13NO/c19-17-16-10-12-6-2-1-5-11(12)9-15(16)13-7-3-4-8-14(13)18(17)20/h1-10,20H,19H2. The number of anilines is 1. The molecule has 0 aliphatic rings. The quantitative estimate of drug-likeness (QED) is 0.212. The maximum atomic E-state index is 10.3. The van der Waals surface area contributed by atoms with E-state index >= 15 is 0 Å². The molecule has 0 amide bonds. The van der Waals surface area contributed by atoms with Gasteiger partial charge in [-0.05, 0) is 33.7 Å². The summed E-state index contributed by atoms with van der Waals surface area (Å²) in [5.41, 5.74) is 6.57. The van der Waals surface area contributed by atoms with Crippen LogP contribution in [0.1, 0.15) is 0 Å². The predicted octanol–water partition coefficient (Wildman–Crippen LogP) is 4.43. The molecule has 96 valence electrons. The lowest BCUT2D eigenvalue weighted by atomic mass is 9.96. The number of rotatable bonds is 0. The summed E-state index contributed by atoms with van der Waals surface area (Å²) in [4.78, 5) is 0. The van der Waals surface area contributed by atoms with Gasteiger partial charge in [0.1, 0.15) is 5.75 Å². The number of aromatic hydroxyl groups is 1. The lowest BCUT2D eigenvalue weighted by Gasteiger charge is -2.11. The first kappa shape index (κ1) is 11.1. The van der Waals surface area contributed by atoms with Gasteiger partial charge in [-0.1, -0.05) is 48.5 Å². The molecule has 0 spiro atoms. The Morgan fingerprint density at radius 3 is 1.90 bits per heavy atom. The Kier molecular flexibility index (Phi) is 2.15. The zero-order valence-electron chi connectivity index (χ0n) is 10.8. The van der Waals surface area contributed by atoms with Crippen LogP contribution in [0.4, 0.5) is 5.69 Å². The van der Waals surface area contributed by atoms with Crippen molar-refractivity contribution in [2.24, 2.45) is 0 Å². The topological polar surface area (TPSA) is 46.2 Å². The summed E-state index contributed by atoms with van der Waals surface area (Å²) in [5.74, 6) is 0.170. The Balaban J connectivity index is 2.33. The first-order valence-electron chi connectivity index (χ1n) is 6.57. The Morgan fingerprint density at radius 1 is 0.650 bits per heavy atom. The lowest BCUT2D eigenvalue weighted by Crippen LogP contribution is -1.90. The zero-order valence-corrected chi connectivity index (χ0v) is 10.8. The number of hydrogen-bond acceptors (Lipinski definition) is 2. The summed E-state index contributed by atoms with van der Waals surface area (Å²) in [5, 5.41) is 16.4. The van der Waals surface area contributed by atoms with Gasteiger partial charge in [0.25, 0.3) is 0 Å². The van der Waals surface area contributed by atoms with Gasteiger partial charge in [0.15, 0.2) is 0 Å². The molecule has 0 aliphatic carbocycles. The van der Waals surface area contributed by atoms with Gasteiger partial charge in [-0.15, -0.1) is 0 Å². The molecule has 0 aliphatic heterocycles. The van der Waals surface area contributed by atoms with E-state index in [9.17, 15) is 5.11 Å². The number of hydrogen-bond donors (Lipinski definition) is 2. The van der Waals surface area contributed by atoms with Gasteiger partial charge < -0.3 is 10.8 Å². The van der Waals surface area contributed by atoms with Crippen molar-refractivity contribution in [2.75, 3.05) is 5.73 Å². The number of benzene rings is 4. The van der Waals surface area contributed by atoms with Gasteiger partial charge in [-0.3, -0.25) is 0 Å². The molecule has 20 heavy (non-hydrogen) atoms. The number of fused-ring (bicyclic) bond motifs is 4. The molecule has 0 atom stereocenters. The average Bonchev–Trinajstić information content (AvgIpc) is 2.51. The molecule has 0 unspecified atom stereocenters. The third kappa shape index (κ3) is 1.39. The summed E-state index contributed by atoms with van der Waals surface area (Å²) >= 11 is 0. The fourth-order valence-electron chi connectivity index (χ4n) is 2.88. The van der Waals surface area contributed by atoms with Gasteiger partial charge in [0.2, 0.25) is 0 Å². The largest absolute Gasteiger partial charge is 0.505 e. The van der Waals surface area contributed by atoms with Crippen LogP contribution in [0, 0.1) is 0 Å². The number of nitrogens with two attached hydrogens (primary N) is 1. The molecule has 0 aromatic heterocycles. The molecule has 4 aromatic carbocycles. The van der Waals surface area contributed by atoms with E-state index in [1.54, 1.807) is 0 Å². The van der Waals surface area contributed by atoms with Gasteiger partial charge in [0, 0.05) is 10.8 Å². The number of phenolic OH excluding ortho intramolecular Hbond substituents is 1. The molecular formula is C18H13NO. The van der Waals surface area contributed by atoms with E-state index in [2.05, 4.69) is 18.2 Å². The van der Waals surface area contributed by atoms with Crippen molar-refractivity contribution in [2.45, 2.75) is 0 Å². The fraction of sp³-hybridized carbons (Fsp3) is 0. The van der Waals surface area contributed by atoms with Gasteiger partial charge in [0.05, 0.1) is 5.69 Å². The van der Waals surface area contributed by atoms with Crippen molar-refractivity contribution < 1.29 is 5.11 Å². The minimum Gasteiger partial charge on any atom is -0.505 e. The molecule has 4 rings (SSSR count). The molecule has 0 saturated heterocycles. The van der Waals surface area contributed by atoms with E-state index in [0.717, 1.165) is 26.9 Å². The van der Waals surface area contributed by atoms with E-state index in [-0.39, 0.29) is 5.75 Å². The molecule has 0 saturated carbocycles. The van der Waals surface area contributed by atoms with Crippen LogP contribution < -0.4 is 5.73 Å². The zero-order chi connectivity index (χ0) is 13.7. The van der Waals surface area contributed by atoms with Gasteiger partial charge in [-0.25, -0.2) is 0 Å². The van der Waals surface area contributed by atoms with Crippen LogP contribution in [0.5, 0.6) is 5.75 Å². The summed E-state index contributed by atoms with van der Waals surface area (Å²) < 4.78 is 0. The predicted molar refractivity (Wildman–Crippen MR) is 85.0 cm³/mol. The van der Waals surface area contributed by atoms with Gasteiger partial charge >= 0.3 is 0 Å². The molecule has 0 fully saturated rings. The van der Waals surface area contributed by atoms with Crippen LogP contribution in [-0.4, -0.2) is 5.11 Å². The van der Waals surface area contributed by atoms with Gasteiger partial charge in [-0.2, -0.15) is 0 Å². The van der Waals surface area contributed by atoms with E-state index in [1.807, 2.05) is 42.5 Å². The maximum Gasteiger partial charge on any atom is 0.146 e. The summed E-state index contributed by atoms with van der Waals surface area (Å²) in [6, 6.07) is 20.2. The fourth-order valence-corrected chi connectivity index (χ4v) is 2.88. The lowest BCUT2D eigenvalue weighted by molar-refractivity contribution is 0.485.